The van der Waals surface area contributed by atoms with E-state index in [1.165, 1.54) is 5.57 Å². The van der Waals surface area contributed by atoms with Crippen molar-refractivity contribution in [2.45, 2.75) is 64.4 Å². The molecule has 0 amide bonds. The number of fused-ring (bicyclic) bond motifs is 5. The molecule has 0 aromatic carbocycles. The highest BCUT2D eigenvalue weighted by Crippen LogP contribution is 2.65. The number of alkyl halides is 1. The maximum Gasteiger partial charge on any atom is 0.221 e. The van der Waals surface area contributed by atoms with Gasteiger partial charge < -0.3 is 5.11 Å². The molecule has 0 aromatic heterocycles. The number of hydrogen-bond acceptors (Lipinski definition) is 3. The average Bonchev–Trinajstić information content (AvgIpc) is 2.81. The van der Waals surface area contributed by atoms with Gasteiger partial charge in [0.1, 0.15) is 0 Å². The van der Waals surface area contributed by atoms with Gasteiger partial charge >= 0.3 is 0 Å². The smallest absolute Gasteiger partial charge is 0.221 e. The first-order chi connectivity index (χ1) is 11.7. The van der Waals surface area contributed by atoms with E-state index in [-0.39, 0.29) is 22.4 Å². The van der Waals surface area contributed by atoms with Crippen LogP contribution in [0.3, 0.4) is 0 Å². The van der Waals surface area contributed by atoms with Crippen LogP contribution in [-0.4, -0.2) is 27.6 Å². The van der Waals surface area contributed by atoms with Crippen molar-refractivity contribution in [2.75, 3.05) is 5.33 Å². The van der Waals surface area contributed by atoms with Crippen molar-refractivity contribution in [3.63, 3.8) is 0 Å². The van der Waals surface area contributed by atoms with E-state index in [9.17, 15) is 14.7 Å². The third-order valence-electron chi connectivity index (χ3n) is 8.05. The molecule has 0 aromatic rings. The summed E-state index contributed by atoms with van der Waals surface area (Å²) in [7, 11) is 0. The van der Waals surface area contributed by atoms with Crippen molar-refractivity contribution in [3.05, 3.63) is 23.3 Å². The quantitative estimate of drug-likeness (QED) is 0.425. The zero-order chi connectivity index (χ0) is 18.0. The van der Waals surface area contributed by atoms with Crippen LogP contribution in [0.5, 0.6) is 0 Å². The minimum absolute atomic E-state index is 0.0823. The Hall–Kier alpha value is -0.740. The van der Waals surface area contributed by atoms with E-state index in [1.807, 2.05) is 0 Å². The summed E-state index contributed by atoms with van der Waals surface area (Å²) in [6.07, 6.45) is 9.81. The number of ketones is 2. The summed E-state index contributed by atoms with van der Waals surface area (Å²) in [5, 5.41) is 12.2. The molecule has 0 radical (unpaired) electrons. The normalized spacial score (nSPS) is 46.1. The Labute approximate surface area is 158 Å². The predicted octanol–water partition coefficient (Wildman–Crippen LogP) is 4.13. The minimum atomic E-state index is -0.599. The van der Waals surface area contributed by atoms with Gasteiger partial charge in [0, 0.05) is 22.6 Å². The third kappa shape index (κ3) is 2.26. The van der Waals surface area contributed by atoms with E-state index in [0.717, 1.165) is 49.4 Å². The van der Waals surface area contributed by atoms with E-state index in [4.69, 9.17) is 0 Å². The molecule has 0 aliphatic heterocycles. The summed E-state index contributed by atoms with van der Waals surface area (Å²) in [5.41, 5.74) is 1.57. The van der Waals surface area contributed by atoms with Crippen molar-refractivity contribution in [1.29, 1.82) is 0 Å². The first-order valence-corrected chi connectivity index (χ1v) is 10.6. The molecule has 2 fully saturated rings. The largest absolute Gasteiger partial charge is 0.389 e. The number of allylic oxidation sites excluding steroid dienone is 4. The van der Waals surface area contributed by atoms with Gasteiger partial charge in [-0.1, -0.05) is 47.0 Å². The number of hydrogen-bond donors (Lipinski definition) is 1. The van der Waals surface area contributed by atoms with Crippen LogP contribution in [0, 0.1) is 22.7 Å². The molecule has 0 spiro atoms. The number of aliphatic hydroxyl groups is 1. The van der Waals surface area contributed by atoms with Crippen LogP contribution < -0.4 is 0 Å². The minimum Gasteiger partial charge on any atom is -0.389 e. The second-order valence-electron chi connectivity index (χ2n) is 9.01. The molecule has 3 nitrogen and oxygen atoms in total. The van der Waals surface area contributed by atoms with Crippen molar-refractivity contribution in [3.8, 4) is 0 Å². The molecule has 0 unspecified atom stereocenters. The molecule has 4 aliphatic rings. The van der Waals surface area contributed by atoms with Crippen molar-refractivity contribution >= 4 is 27.5 Å². The van der Waals surface area contributed by atoms with Gasteiger partial charge in [-0.05, 0) is 56.4 Å². The lowest BCUT2D eigenvalue weighted by atomic mass is 9.50. The molecule has 25 heavy (non-hydrogen) atoms. The predicted molar refractivity (Wildman–Crippen MR) is 100 cm³/mol. The number of carbonyl (C=O) groups excluding carboxylic acids is 2. The summed E-state index contributed by atoms with van der Waals surface area (Å²) < 4.78 is 0. The van der Waals surface area contributed by atoms with E-state index < -0.39 is 5.60 Å². The Balaban J connectivity index is 1.75. The van der Waals surface area contributed by atoms with Crippen LogP contribution >= 0.6 is 15.9 Å². The summed E-state index contributed by atoms with van der Waals surface area (Å²) in [6, 6.07) is 0. The Morgan fingerprint density at radius 2 is 2.04 bits per heavy atom. The number of halogens is 1. The molecular weight excluding hydrogens is 380 g/mol. The van der Waals surface area contributed by atoms with Gasteiger partial charge in [-0.25, -0.2) is 0 Å². The Morgan fingerprint density at radius 3 is 2.76 bits per heavy atom. The fraction of sp³-hybridized carbons (Fsp3) is 0.714. The lowest BCUT2D eigenvalue weighted by Gasteiger charge is -2.54. The SMILES string of the molecule is C[C@]12CC(=O)C(=O)C=C1CC[C@@H]1C2=CC[C@@]2(C)[C@H]1CC[C@]2(O)CCBr. The summed E-state index contributed by atoms with van der Waals surface area (Å²) in [6.45, 7) is 4.42. The summed E-state index contributed by atoms with van der Waals surface area (Å²) in [5.74, 6) is 0.344. The van der Waals surface area contributed by atoms with Crippen LogP contribution in [0.1, 0.15) is 58.8 Å². The highest BCUT2D eigenvalue weighted by Gasteiger charge is 2.61. The van der Waals surface area contributed by atoms with E-state index in [1.54, 1.807) is 6.08 Å². The molecule has 0 saturated heterocycles. The first kappa shape index (κ1) is 17.7. The molecule has 4 aliphatic carbocycles. The topological polar surface area (TPSA) is 54.4 Å². The maximum atomic E-state index is 12.1. The lowest BCUT2D eigenvalue weighted by Crippen LogP contribution is -2.51. The monoisotopic (exact) mass is 406 g/mol. The average molecular weight is 407 g/mol. The van der Waals surface area contributed by atoms with Crippen LogP contribution in [-0.2, 0) is 9.59 Å². The van der Waals surface area contributed by atoms with E-state index >= 15 is 0 Å². The zero-order valence-corrected chi connectivity index (χ0v) is 16.7. The third-order valence-corrected chi connectivity index (χ3v) is 8.45. The summed E-state index contributed by atoms with van der Waals surface area (Å²) in [4.78, 5) is 24.0. The highest BCUT2D eigenvalue weighted by molar-refractivity contribution is 9.09. The Bertz CT molecular complexity index is 708. The fourth-order valence-electron chi connectivity index (χ4n) is 6.44. The molecule has 136 valence electrons. The molecule has 0 bridgehead atoms. The van der Waals surface area contributed by atoms with Gasteiger partial charge in [0.15, 0.2) is 0 Å². The summed E-state index contributed by atoms with van der Waals surface area (Å²) >= 11 is 3.52. The van der Waals surface area contributed by atoms with Crippen LogP contribution in [0.2, 0.25) is 0 Å². The van der Waals surface area contributed by atoms with Gasteiger partial charge in [-0.3, -0.25) is 9.59 Å². The highest BCUT2D eigenvalue weighted by atomic mass is 79.9. The van der Waals surface area contributed by atoms with E-state index in [2.05, 4.69) is 35.9 Å². The van der Waals surface area contributed by atoms with Crippen molar-refractivity contribution in [1.82, 2.24) is 0 Å². The van der Waals surface area contributed by atoms with Crippen LogP contribution in [0.4, 0.5) is 0 Å². The molecule has 4 rings (SSSR count). The van der Waals surface area contributed by atoms with Gasteiger partial charge in [0.05, 0.1) is 5.60 Å². The number of rotatable bonds is 2. The zero-order valence-electron chi connectivity index (χ0n) is 15.1. The van der Waals surface area contributed by atoms with Gasteiger partial charge in [0.25, 0.3) is 0 Å². The van der Waals surface area contributed by atoms with E-state index in [0.29, 0.717) is 18.3 Å². The van der Waals surface area contributed by atoms with Gasteiger partial charge in [0.2, 0.25) is 11.6 Å². The van der Waals surface area contributed by atoms with Crippen LogP contribution in [0.25, 0.3) is 0 Å². The Kier molecular flexibility index (Phi) is 3.98. The second-order valence-corrected chi connectivity index (χ2v) is 9.80. The Morgan fingerprint density at radius 1 is 1.28 bits per heavy atom. The van der Waals surface area contributed by atoms with Crippen molar-refractivity contribution < 1.29 is 14.7 Å². The molecular formula is C21H27BrO3. The molecule has 1 N–H and O–H groups in total. The molecule has 2 saturated carbocycles. The first-order valence-electron chi connectivity index (χ1n) is 9.52. The molecule has 0 heterocycles. The fourth-order valence-corrected chi connectivity index (χ4v) is 7.10. The van der Waals surface area contributed by atoms with Gasteiger partial charge in [-0.2, -0.15) is 0 Å². The van der Waals surface area contributed by atoms with Crippen LogP contribution in [0.15, 0.2) is 23.3 Å². The lowest BCUT2D eigenvalue weighted by molar-refractivity contribution is -0.135. The molecule has 5 atom stereocenters. The van der Waals surface area contributed by atoms with Gasteiger partial charge in [-0.15, -0.1) is 0 Å². The maximum absolute atomic E-state index is 12.1. The van der Waals surface area contributed by atoms with Crippen molar-refractivity contribution in [2.24, 2.45) is 22.7 Å². The number of Topliss-reactive ketones (excluding diaryl/α,β-unsaturated/α-hetero) is 1. The molecule has 4 heteroatoms. The number of carbonyl (C=O) groups is 2. The second kappa shape index (κ2) is 5.63. The standard InChI is InChI=1S/C21H27BrO3/c1-19-12-18(24)17(23)11-13(19)3-4-14-15(19)5-7-20(2)16(14)6-8-21(20,25)9-10-22/h5,11,14,16,25H,3-4,6-10,12H2,1-2H3/t14-,16+,19+,20+,21+/m1/s1.